The summed E-state index contributed by atoms with van der Waals surface area (Å²) in [6.07, 6.45) is 1.09. The Kier molecular flexibility index (Phi) is 4.40. The first-order valence-electron chi connectivity index (χ1n) is 6.98. The fraction of sp³-hybridized carbons (Fsp3) is 0.714. The van der Waals surface area contributed by atoms with Crippen molar-refractivity contribution < 1.29 is 9.31 Å². The lowest BCUT2D eigenvalue weighted by Crippen LogP contribution is -2.42. The summed E-state index contributed by atoms with van der Waals surface area (Å²) < 4.78 is 12.3. The van der Waals surface area contributed by atoms with E-state index in [2.05, 4.69) is 56.9 Å². The van der Waals surface area contributed by atoms with Gasteiger partial charge in [-0.1, -0.05) is 13.0 Å². The second-order valence-corrected chi connectivity index (χ2v) is 7.15. The maximum Gasteiger partial charge on any atom is 0.558 e. The molecule has 0 saturated carbocycles. The Morgan fingerprint density at radius 2 is 1.84 bits per heavy atom. The monoisotopic (exact) mass is 281 g/mol. The molecule has 1 fully saturated rings. The van der Waals surface area contributed by atoms with Crippen LogP contribution in [-0.4, -0.2) is 29.8 Å². The Bertz CT molecular complexity index is 390. The summed E-state index contributed by atoms with van der Waals surface area (Å²) in [5, 5.41) is 2.11. The normalized spacial score (nSPS) is 21.3. The first-order valence-corrected chi connectivity index (χ1v) is 7.86. The van der Waals surface area contributed by atoms with E-state index in [1.54, 1.807) is 11.3 Å². The van der Waals surface area contributed by atoms with Crippen LogP contribution in [0.25, 0.3) is 0 Å². The summed E-state index contributed by atoms with van der Waals surface area (Å²) in [5.74, 6) is 0. The number of thiophene rings is 1. The van der Waals surface area contributed by atoms with Gasteiger partial charge in [-0.25, -0.2) is 0 Å². The molecule has 0 bridgehead atoms. The van der Waals surface area contributed by atoms with E-state index < -0.39 is 0 Å². The minimum absolute atomic E-state index is 0.243. The van der Waals surface area contributed by atoms with Gasteiger partial charge in [0.1, 0.15) is 0 Å². The molecule has 1 aliphatic rings. The zero-order valence-electron chi connectivity index (χ0n) is 12.6. The standard InChI is InChI=1S/C14H24BNO2S/c1-6-9-16(11-12-8-7-10-19-12)15-17-13(2,3)14(4,5)18-15/h7-8,10H,6,9,11H2,1-5H3. The molecule has 0 unspecified atom stereocenters. The van der Waals surface area contributed by atoms with Gasteiger partial charge in [0, 0.05) is 11.4 Å². The van der Waals surface area contributed by atoms with Crippen LogP contribution in [0, 0.1) is 0 Å². The van der Waals surface area contributed by atoms with Crippen LogP contribution in [-0.2, 0) is 15.9 Å². The molecule has 2 heterocycles. The Morgan fingerprint density at radius 3 is 2.32 bits per heavy atom. The van der Waals surface area contributed by atoms with Crippen LogP contribution in [0.15, 0.2) is 17.5 Å². The SMILES string of the molecule is CCCN(Cc1cccs1)B1OC(C)(C)C(C)(C)O1. The van der Waals surface area contributed by atoms with E-state index in [-0.39, 0.29) is 18.5 Å². The van der Waals surface area contributed by atoms with Gasteiger partial charge in [0.2, 0.25) is 0 Å². The van der Waals surface area contributed by atoms with E-state index in [0.29, 0.717) is 0 Å². The van der Waals surface area contributed by atoms with Gasteiger partial charge in [0.15, 0.2) is 0 Å². The average molecular weight is 281 g/mol. The van der Waals surface area contributed by atoms with E-state index in [9.17, 15) is 0 Å². The lowest BCUT2D eigenvalue weighted by Gasteiger charge is -2.32. The van der Waals surface area contributed by atoms with Crippen molar-refractivity contribution >= 4 is 18.6 Å². The summed E-state index contributed by atoms with van der Waals surface area (Å²) in [4.78, 5) is 3.63. The predicted molar refractivity (Wildman–Crippen MR) is 81.1 cm³/mol. The molecule has 0 radical (unpaired) electrons. The highest BCUT2D eigenvalue weighted by Crippen LogP contribution is 2.37. The maximum absolute atomic E-state index is 6.14. The van der Waals surface area contributed by atoms with Crippen molar-refractivity contribution in [2.24, 2.45) is 0 Å². The Balaban J connectivity index is 2.08. The molecule has 0 amide bonds. The molecule has 0 N–H and O–H groups in total. The molecule has 0 spiro atoms. The van der Waals surface area contributed by atoms with E-state index in [1.165, 1.54) is 4.88 Å². The molecule has 1 aromatic rings. The Hall–Kier alpha value is -0.355. The van der Waals surface area contributed by atoms with Gasteiger partial charge < -0.3 is 9.31 Å². The van der Waals surface area contributed by atoms with Gasteiger partial charge in [0.25, 0.3) is 0 Å². The Labute approximate surface area is 121 Å². The first kappa shape index (κ1) is 15.0. The summed E-state index contributed by atoms with van der Waals surface area (Å²) in [6, 6.07) is 4.26. The molecule has 1 saturated heterocycles. The minimum Gasteiger partial charge on any atom is -0.389 e. The molecule has 5 heteroatoms. The van der Waals surface area contributed by atoms with Gasteiger partial charge >= 0.3 is 7.25 Å². The summed E-state index contributed by atoms with van der Waals surface area (Å²) in [5.41, 5.74) is -0.530. The fourth-order valence-electron chi connectivity index (χ4n) is 2.11. The van der Waals surface area contributed by atoms with Crippen molar-refractivity contribution in [3.8, 4) is 0 Å². The molecule has 106 valence electrons. The van der Waals surface area contributed by atoms with Crippen LogP contribution >= 0.6 is 11.3 Å². The van der Waals surface area contributed by atoms with Gasteiger partial charge in [0.05, 0.1) is 11.2 Å². The number of hydrogen-bond donors (Lipinski definition) is 0. The van der Waals surface area contributed by atoms with Gasteiger partial charge in [-0.2, -0.15) is 0 Å². The molecule has 0 aromatic carbocycles. The van der Waals surface area contributed by atoms with Crippen LogP contribution in [0.5, 0.6) is 0 Å². The Morgan fingerprint density at radius 1 is 1.21 bits per heavy atom. The van der Waals surface area contributed by atoms with Crippen molar-refractivity contribution in [1.82, 2.24) is 4.81 Å². The predicted octanol–water partition coefficient (Wildman–Crippen LogP) is 3.55. The summed E-state index contributed by atoms with van der Waals surface area (Å²) in [7, 11) is -0.243. The summed E-state index contributed by atoms with van der Waals surface area (Å²) >= 11 is 1.78. The van der Waals surface area contributed by atoms with Crippen molar-refractivity contribution in [2.45, 2.75) is 58.8 Å². The highest BCUT2D eigenvalue weighted by molar-refractivity contribution is 7.09. The first-order chi connectivity index (χ1) is 8.86. The molecule has 1 aromatic heterocycles. The number of hydrogen-bond acceptors (Lipinski definition) is 4. The largest absolute Gasteiger partial charge is 0.558 e. The molecule has 0 aliphatic carbocycles. The lowest BCUT2D eigenvalue weighted by molar-refractivity contribution is 0.00578. The maximum atomic E-state index is 6.14. The molecular formula is C14H24BNO2S. The highest BCUT2D eigenvalue weighted by atomic mass is 32.1. The van der Waals surface area contributed by atoms with Gasteiger partial charge in [-0.05, 0) is 52.1 Å². The molecule has 2 rings (SSSR count). The van der Waals surface area contributed by atoms with Crippen molar-refractivity contribution in [2.75, 3.05) is 6.54 Å². The lowest BCUT2D eigenvalue weighted by atomic mass is 9.90. The van der Waals surface area contributed by atoms with E-state index in [0.717, 1.165) is 19.5 Å². The summed E-state index contributed by atoms with van der Waals surface area (Å²) in [6.45, 7) is 12.5. The third kappa shape index (κ3) is 3.22. The zero-order chi connectivity index (χ0) is 14.1. The van der Waals surface area contributed by atoms with Crippen LogP contribution < -0.4 is 0 Å². The van der Waals surface area contributed by atoms with Crippen LogP contribution in [0.1, 0.15) is 45.9 Å². The van der Waals surface area contributed by atoms with Crippen molar-refractivity contribution in [3.63, 3.8) is 0 Å². The second kappa shape index (κ2) is 5.56. The fourth-order valence-corrected chi connectivity index (χ4v) is 2.84. The van der Waals surface area contributed by atoms with Crippen LogP contribution in [0.2, 0.25) is 0 Å². The minimum atomic E-state index is -0.265. The molecule has 0 atom stereocenters. The molecule has 1 aliphatic heterocycles. The number of rotatable bonds is 5. The smallest absolute Gasteiger partial charge is 0.389 e. The quantitative estimate of drug-likeness (QED) is 0.770. The average Bonchev–Trinajstić information content (AvgIpc) is 2.85. The van der Waals surface area contributed by atoms with E-state index >= 15 is 0 Å². The molecule has 19 heavy (non-hydrogen) atoms. The third-order valence-electron chi connectivity index (χ3n) is 3.99. The topological polar surface area (TPSA) is 21.7 Å². The number of nitrogens with zero attached hydrogens (tertiary/aromatic N) is 1. The van der Waals surface area contributed by atoms with Crippen molar-refractivity contribution in [3.05, 3.63) is 22.4 Å². The van der Waals surface area contributed by atoms with E-state index in [4.69, 9.17) is 9.31 Å². The van der Waals surface area contributed by atoms with Crippen LogP contribution in [0.4, 0.5) is 0 Å². The van der Waals surface area contributed by atoms with E-state index in [1.807, 2.05) is 0 Å². The third-order valence-corrected chi connectivity index (χ3v) is 4.85. The van der Waals surface area contributed by atoms with Gasteiger partial charge in [-0.15, -0.1) is 11.3 Å². The second-order valence-electron chi connectivity index (χ2n) is 6.11. The molecule has 3 nitrogen and oxygen atoms in total. The van der Waals surface area contributed by atoms with Crippen LogP contribution in [0.3, 0.4) is 0 Å². The highest BCUT2D eigenvalue weighted by Gasteiger charge is 2.53. The van der Waals surface area contributed by atoms with Gasteiger partial charge in [-0.3, -0.25) is 4.81 Å². The van der Waals surface area contributed by atoms with Crippen molar-refractivity contribution in [1.29, 1.82) is 0 Å². The molecular weight excluding hydrogens is 257 g/mol. The zero-order valence-corrected chi connectivity index (χ0v) is 13.4.